The number of nitrogens with one attached hydrogen (secondary N) is 3. The van der Waals surface area contributed by atoms with Crippen LogP contribution in [0.1, 0.15) is 61.5 Å². The molecule has 196 valence electrons. The van der Waals surface area contributed by atoms with Crippen molar-refractivity contribution in [2.24, 2.45) is 5.92 Å². The SMILES string of the molecule is COc1cc(OCC2CC2)c(-c2ccnc3c(C(=O)NC4CCC(NC(C)=O)CC4)c(C)[nH]c23)cc1F. The van der Waals surface area contributed by atoms with Crippen LogP contribution in [-0.4, -0.2) is 47.6 Å². The first-order chi connectivity index (χ1) is 17.8. The lowest BCUT2D eigenvalue weighted by molar-refractivity contribution is -0.119. The summed E-state index contributed by atoms with van der Waals surface area (Å²) in [6.45, 7) is 3.93. The molecular weight excluding hydrogens is 475 g/mol. The number of carbonyl (C=O) groups is 2. The Morgan fingerprint density at radius 1 is 1.05 bits per heavy atom. The van der Waals surface area contributed by atoms with Gasteiger partial charge in [0.25, 0.3) is 5.91 Å². The van der Waals surface area contributed by atoms with Crippen LogP contribution in [0, 0.1) is 18.7 Å². The topological polar surface area (TPSA) is 105 Å². The lowest BCUT2D eigenvalue weighted by Gasteiger charge is -2.29. The molecule has 2 heterocycles. The number of carbonyl (C=O) groups excluding carboxylic acids is 2. The van der Waals surface area contributed by atoms with Crippen LogP contribution in [0.4, 0.5) is 4.39 Å². The zero-order valence-electron chi connectivity index (χ0n) is 21.4. The third-order valence-corrected chi connectivity index (χ3v) is 7.29. The molecule has 0 radical (unpaired) electrons. The zero-order chi connectivity index (χ0) is 26.1. The Balaban J connectivity index is 1.43. The Hall–Kier alpha value is -3.62. The van der Waals surface area contributed by atoms with Crippen LogP contribution in [0.5, 0.6) is 11.5 Å². The molecule has 0 aliphatic heterocycles. The average Bonchev–Trinajstić information content (AvgIpc) is 3.63. The summed E-state index contributed by atoms with van der Waals surface area (Å²) in [4.78, 5) is 32.5. The molecule has 37 heavy (non-hydrogen) atoms. The summed E-state index contributed by atoms with van der Waals surface area (Å²) < 4.78 is 26.1. The quantitative estimate of drug-likeness (QED) is 0.411. The van der Waals surface area contributed by atoms with Gasteiger partial charge in [0, 0.05) is 48.1 Å². The van der Waals surface area contributed by atoms with Gasteiger partial charge in [-0.15, -0.1) is 0 Å². The van der Waals surface area contributed by atoms with Gasteiger partial charge in [-0.05, 0) is 63.5 Å². The van der Waals surface area contributed by atoms with E-state index in [1.165, 1.54) is 20.1 Å². The zero-order valence-corrected chi connectivity index (χ0v) is 21.4. The molecule has 2 amide bonds. The smallest absolute Gasteiger partial charge is 0.255 e. The number of nitrogens with zero attached hydrogens (tertiary/aromatic N) is 1. The lowest BCUT2D eigenvalue weighted by Crippen LogP contribution is -2.43. The van der Waals surface area contributed by atoms with Crippen molar-refractivity contribution >= 4 is 22.8 Å². The van der Waals surface area contributed by atoms with Gasteiger partial charge in [-0.3, -0.25) is 14.6 Å². The largest absolute Gasteiger partial charge is 0.494 e. The monoisotopic (exact) mass is 508 g/mol. The number of benzene rings is 1. The minimum absolute atomic E-state index is 0.0263. The number of rotatable bonds is 8. The maximum Gasteiger partial charge on any atom is 0.255 e. The van der Waals surface area contributed by atoms with Crippen molar-refractivity contribution < 1.29 is 23.5 Å². The van der Waals surface area contributed by atoms with E-state index < -0.39 is 5.82 Å². The van der Waals surface area contributed by atoms with E-state index in [9.17, 15) is 14.0 Å². The maximum atomic E-state index is 14.8. The molecule has 0 spiro atoms. The minimum atomic E-state index is -0.489. The molecule has 5 rings (SSSR count). The van der Waals surface area contributed by atoms with Crippen molar-refractivity contribution in [3.63, 3.8) is 0 Å². The molecule has 1 aromatic carbocycles. The third-order valence-electron chi connectivity index (χ3n) is 7.29. The van der Waals surface area contributed by atoms with E-state index in [-0.39, 0.29) is 29.6 Å². The van der Waals surface area contributed by atoms with Crippen LogP contribution in [0.2, 0.25) is 0 Å². The first-order valence-corrected chi connectivity index (χ1v) is 12.9. The fourth-order valence-corrected chi connectivity index (χ4v) is 5.15. The molecule has 0 atom stereocenters. The number of hydrogen-bond acceptors (Lipinski definition) is 5. The molecule has 2 saturated carbocycles. The van der Waals surface area contributed by atoms with Gasteiger partial charge in [0.1, 0.15) is 11.3 Å². The molecule has 2 fully saturated rings. The van der Waals surface area contributed by atoms with Crippen LogP contribution in [0.25, 0.3) is 22.2 Å². The highest BCUT2D eigenvalue weighted by Crippen LogP contribution is 2.40. The fourth-order valence-electron chi connectivity index (χ4n) is 5.15. The number of hydrogen-bond donors (Lipinski definition) is 3. The highest BCUT2D eigenvalue weighted by atomic mass is 19.1. The summed E-state index contributed by atoms with van der Waals surface area (Å²) in [5.41, 5.74) is 3.64. The number of H-pyrrole nitrogens is 1. The van der Waals surface area contributed by atoms with E-state index in [0.717, 1.165) is 38.5 Å². The van der Waals surface area contributed by atoms with Gasteiger partial charge < -0.3 is 25.1 Å². The molecule has 2 aliphatic carbocycles. The van der Waals surface area contributed by atoms with E-state index in [0.29, 0.717) is 51.7 Å². The average molecular weight is 509 g/mol. The standard InChI is InChI=1S/C28H33FN4O4/c1-15-25(28(35)33-19-8-6-18(7-9-19)32-16(2)34)27-26(31-15)20(10-11-30-27)21-12-22(29)24(36-3)13-23(21)37-14-17-4-5-17/h10-13,17-19,31H,4-9,14H2,1-3H3,(H,32,34)(H,33,35). The number of fused-ring (bicyclic) bond motifs is 1. The number of ether oxygens (including phenoxy) is 2. The molecule has 0 bridgehead atoms. The van der Waals surface area contributed by atoms with Gasteiger partial charge in [-0.1, -0.05) is 0 Å². The normalized spacial score (nSPS) is 19.5. The van der Waals surface area contributed by atoms with Gasteiger partial charge in [-0.2, -0.15) is 0 Å². The summed E-state index contributed by atoms with van der Waals surface area (Å²) in [7, 11) is 1.43. The Labute approximate surface area is 215 Å². The number of amides is 2. The molecule has 2 aromatic heterocycles. The molecule has 3 N–H and O–H groups in total. The lowest BCUT2D eigenvalue weighted by atomic mass is 9.91. The minimum Gasteiger partial charge on any atom is -0.494 e. The predicted octanol–water partition coefficient (Wildman–Crippen LogP) is 4.65. The molecular formula is C28H33FN4O4. The summed E-state index contributed by atoms with van der Waals surface area (Å²) in [6, 6.07) is 4.99. The van der Waals surface area contributed by atoms with E-state index in [2.05, 4.69) is 20.6 Å². The van der Waals surface area contributed by atoms with Gasteiger partial charge in [0.2, 0.25) is 5.91 Å². The second kappa shape index (κ2) is 10.4. The molecule has 9 heteroatoms. The van der Waals surface area contributed by atoms with Crippen molar-refractivity contribution in [3.05, 3.63) is 41.5 Å². The predicted molar refractivity (Wildman–Crippen MR) is 138 cm³/mol. The number of methoxy groups -OCH3 is 1. The van der Waals surface area contributed by atoms with E-state index >= 15 is 0 Å². The molecule has 3 aromatic rings. The third kappa shape index (κ3) is 5.40. The summed E-state index contributed by atoms with van der Waals surface area (Å²) in [5, 5.41) is 6.11. The Morgan fingerprint density at radius 2 is 1.76 bits per heavy atom. The summed E-state index contributed by atoms with van der Waals surface area (Å²) in [5.74, 6) is 0.474. The van der Waals surface area contributed by atoms with Crippen LogP contribution >= 0.6 is 0 Å². The number of aromatic amines is 1. The van der Waals surface area contributed by atoms with Crippen molar-refractivity contribution in [1.29, 1.82) is 0 Å². The highest BCUT2D eigenvalue weighted by molar-refractivity contribution is 6.09. The molecule has 0 saturated heterocycles. The number of aromatic nitrogens is 2. The maximum absolute atomic E-state index is 14.8. The Morgan fingerprint density at radius 3 is 2.41 bits per heavy atom. The van der Waals surface area contributed by atoms with Crippen LogP contribution in [0.15, 0.2) is 24.4 Å². The van der Waals surface area contributed by atoms with Crippen molar-refractivity contribution in [1.82, 2.24) is 20.6 Å². The van der Waals surface area contributed by atoms with E-state index in [1.54, 1.807) is 18.3 Å². The van der Waals surface area contributed by atoms with Crippen LogP contribution in [0.3, 0.4) is 0 Å². The van der Waals surface area contributed by atoms with Gasteiger partial charge in [0.05, 0.1) is 24.8 Å². The van der Waals surface area contributed by atoms with E-state index in [1.807, 2.05) is 6.92 Å². The Bertz CT molecular complexity index is 1330. The molecule has 0 unspecified atom stereocenters. The van der Waals surface area contributed by atoms with Crippen molar-refractivity contribution in [2.75, 3.05) is 13.7 Å². The van der Waals surface area contributed by atoms with Gasteiger partial charge in [-0.25, -0.2) is 4.39 Å². The van der Waals surface area contributed by atoms with Gasteiger partial charge >= 0.3 is 0 Å². The second-order valence-corrected chi connectivity index (χ2v) is 10.2. The van der Waals surface area contributed by atoms with Gasteiger partial charge in [0.15, 0.2) is 11.6 Å². The molecule has 8 nitrogen and oxygen atoms in total. The molecule has 2 aliphatic rings. The van der Waals surface area contributed by atoms with E-state index in [4.69, 9.17) is 9.47 Å². The van der Waals surface area contributed by atoms with Crippen molar-refractivity contribution in [3.8, 4) is 22.6 Å². The first kappa shape index (κ1) is 25.0. The summed E-state index contributed by atoms with van der Waals surface area (Å²) >= 11 is 0. The first-order valence-electron chi connectivity index (χ1n) is 12.9. The Kier molecular flexibility index (Phi) is 7.04. The number of aryl methyl sites for hydroxylation is 1. The summed E-state index contributed by atoms with van der Waals surface area (Å²) in [6.07, 6.45) is 7.14. The number of pyridine rings is 1. The second-order valence-electron chi connectivity index (χ2n) is 10.2. The highest BCUT2D eigenvalue weighted by Gasteiger charge is 2.27. The fraction of sp³-hybridized carbons (Fsp3) is 0.464. The number of halogens is 1. The van der Waals surface area contributed by atoms with Crippen molar-refractivity contribution in [2.45, 2.75) is 64.5 Å². The van der Waals surface area contributed by atoms with Crippen LogP contribution < -0.4 is 20.1 Å². The van der Waals surface area contributed by atoms with Crippen LogP contribution in [-0.2, 0) is 4.79 Å².